The van der Waals surface area contributed by atoms with Gasteiger partial charge in [-0.05, 0) is 30.0 Å². The predicted octanol–water partition coefficient (Wildman–Crippen LogP) is 1.98. The van der Waals surface area contributed by atoms with Gasteiger partial charge in [0.25, 0.3) is 0 Å². The average Bonchev–Trinajstić information content (AvgIpc) is 3.63. The number of benzene rings is 2. The average molecular weight is 602 g/mol. The number of nitrogens with one attached hydrogen (secondary N) is 5. The maximum atomic E-state index is 13.1. The first-order chi connectivity index (χ1) is 21.2. The molecule has 0 bridgehead atoms. The molecule has 44 heavy (non-hydrogen) atoms. The lowest BCUT2D eigenvalue weighted by Crippen LogP contribution is -2.44. The molecule has 0 aliphatic rings. The molecule has 0 spiro atoms. The lowest BCUT2D eigenvalue weighted by Gasteiger charge is -2.21. The number of hydrogen-bond donors (Lipinski definition) is 7. The van der Waals surface area contributed by atoms with Gasteiger partial charge >= 0.3 is 5.97 Å². The van der Waals surface area contributed by atoms with Crippen LogP contribution in [0, 0.1) is 0 Å². The number of carbonyl (C=O) groups excluding carboxylic acids is 3. The van der Waals surface area contributed by atoms with Gasteiger partial charge in [0, 0.05) is 79.3 Å². The number of aromatic nitrogens is 3. The van der Waals surface area contributed by atoms with Crippen LogP contribution in [0.1, 0.15) is 42.5 Å². The van der Waals surface area contributed by atoms with E-state index in [0.29, 0.717) is 18.5 Å². The van der Waals surface area contributed by atoms with E-state index in [1.165, 1.54) is 6.33 Å². The minimum atomic E-state index is -1.04. The number of carboxylic acid groups (broad SMARTS) is 1. The van der Waals surface area contributed by atoms with Crippen LogP contribution in [0.4, 0.5) is 0 Å². The molecule has 2 aromatic carbocycles. The molecular weight excluding hydrogens is 562 g/mol. The van der Waals surface area contributed by atoms with Crippen LogP contribution in [0.5, 0.6) is 0 Å². The van der Waals surface area contributed by atoms with Crippen molar-refractivity contribution >= 4 is 34.6 Å². The van der Waals surface area contributed by atoms with Gasteiger partial charge in [0.15, 0.2) is 0 Å². The van der Waals surface area contributed by atoms with Crippen molar-refractivity contribution < 1.29 is 24.3 Å². The van der Waals surface area contributed by atoms with Gasteiger partial charge in [-0.25, -0.2) is 4.98 Å². The Hall–Kier alpha value is -4.97. The van der Waals surface area contributed by atoms with E-state index in [0.717, 1.165) is 22.0 Å². The van der Waals surface area contributed by atoms with Crippen molar-refractivity contribution in [1.82, 2.24) is 30.9 Å². The molecule has 232 valence electrons. The predicted molar refractivity (Wildman–Crippen MR) is 165 cm³/mol. The third-order valence-corrected chi connectivity index (χ3v) is 7.21. The van der Waals surface area contributed by atoms with Crippen molar-refractivity contribution in [3.63, 3.8) is 0 Å². The van der Waals surface area contributed by atoms with E-state index >= 15 is 0 Å². The minimum Gasteiger partial charge on any atom is -0.481 e. The van der Waals surface area contributed by atoms with E-state index < -0.39 is 18.1 Å². The van der Waals surface area contributed by atoms with E-state index in [9.17, 15) is 24.3 Å². The molecule has 0 unspecified atom stereocenters. The highest BCUT2D eigenvalue weighted by atomic mass is 16.4. The maximum absolute atomic E-state index is 13.1. The maximum Gasteiger partial charge on any atom is 0.305 e. The molecule has 8 N–H and O–H groups in total. The first-order valence-electron chi connectivity index (χ1n) is 14.6. The molecule has 3 atom stereocenters. The highest BCUT2D eigenvalue weighted by Gasteiger charge is 2.23. The van der Waals surface area contributed by atoms with Gasteiger partial charge in [-0.1, -0.05) is 48.5 Å². The fraction of sp³-hybridized carbons (Fsp3) is 0.344. The molecule has 4 aromatic rings. The lowest BCUT2D eigenvalue weighted by molar-refractivity contribution is -0.137. The molecule has 0 fully saturated rings. The van der Waals surface area contributed by atoms with Crippen LogP contribution in [0.25, 0.3) is 10.9 Å². The monoisotopic (exact) mass is 601 g/mol. The third kappa shape index (κ3) is 10.4. The summed E-state index contributed by atoms with van der Waals surface area (Å²) < 4.78 is 0. The Kier molecular flexibility index (Phi) is 11.6. The molecule has 0 radical (unpaired) electrons. The molecule has 0 saturated heterocycles. The van der Waals surface area contributed by atoms with Crippen molar-refractivity contribution in [1.29, 1.82) is 0 Å². The Morgan fingerprint density at radius 2 is 1.55 bits per heavy atom. The Morgan fingerprint density at radius 3 is 2.30 bits per heavy atom. The largest absolute Gasteiger partial charge is 0.481 e. The molecule has 3 amide bonds. The number of aliphatic carboxylic acids is 1. The van der Waals surface area contributed by atoms with E-state index in [1.54, 1.807) is 6.20 Å². The van der Waals surface area contributed by atoms with Crippen molar-refractivity contribution in [3.05, 3.63) is 90.1 Å². The quantitative estimate of drug-likeness (QED) is 0.0961. The Balaban J connectivity index is 1.32. The van der Waals surface area contributed by atoms with Crippen molar-refractivity contribution in [2.75, 3.05) is 6.54 Å². The topological polar surface area (TPSA) is 195 Å². The highest BCUT2D eigenvalue weighted by molar-refractivity contribution is 5.84. The number of para-hydroxylation sites is 1. The van der Waals surface area contributed by atoms with Gasteiger partial charge in [-0.15, -0.1) is 0 Å². The van der Waals surface area contributed by atoms with Crippen molar-refractivity contribution in [2.24, 2.45) is 5.73 Å². The standard InChI is InChI=1S/C32H39N7O5/c33-23(12-21-6-2-1-3-7-21)14-30(41)35-11-10-29(40)38-24(13-22-18-36-28-9-5-4-8-27(22)28)16-31(42)39-25(17-32(43)44)15-26-19-34-20-37-26/h1-9,18-20,23-25,36H,10-17,33H2,(H,34,37)(H,35,41)(H,38,40)(H,39,42)(H,43,44)/t23-,24-,25-/m0/s1. The second-order valence-electron chi connectivity index (χ2n) is 10.9. The van der Waals surface area contributed by atoms with Crippen molar-refractivity contribution in [2.45, 2.75) is 63.1 Å². The van der Waals surface area contributed by atoms with E-state index in [4.69, 9.17) is 5.73 Å². The highest BCUT2D eigenvalue weighted by Crippen LogP contribution is 2.20. The molecule has 2 heterocycles. The summed E-state index contributed by atoms with van der Waals surface area (Å²) in [6, 6.07) is 15.8. The molecule has 0 saturated carbocycles. The normalized spacial score (nSPS) is 13.1. The number of carboxylic acids is 1. The summed E-state index contributed by atoms with van der Waals surface area (Å²) in [6.07, 6.45) is 5.96. The number of nitrogens with zero attached hydrogens (tertiary/aromatic N) is 1. The molecular formula is C32H39N7O5. The second kappa shape index (κ2) is 16.0. The smallest absolute Gasteiger partial charge is 0.305 e. The number of carbonyl (C=O) groups is 4. The molecule has 2 aromatic heterocycles. The summed E-state index contributed by atoms with van der Waals surface area (Å²) in [7, 11) is 0. The summed E-state index contributed by atoms with van der Waals surface area (Å²) in [5, 5.41) is 18.8. The Labute approximate surface area is 255 Å². The zero-order valence-electron chi connectivity index (χ0n) is 24.4. The SMILES string of the molecule is N[C@H](CC(=O)NCCC(=O)N[C@H](CC(=O)N[C@H](CC(=O)O)Cc1cnc[nH]1)Cc1c[nH]c2ccccc12)Cc1ccccc1. The van der Waals surface area contributed by atoms with Gasteiger partial charge in [0.05, 0.1) is 12.7 Å². The summed E-state index contributed by atoms with van der Waals surface area (Å²) in [6.45, 7) is 0.125. The Bertz CT molecular complexity index is 1520. The van der Waals surface area contributed by atoms with Crippen LogP contribution in [0.2, 0.25) is 0 Å². The van der Waals surface area contributed by atoms with E-state index in [2.05, 4.69) is 30.9 Å². The first-order valence-corrected chi connectivity index (χ1v) is 14.6. The van der Waals surface area contributed by atoms with Crippen LogP contribution in [-0.4, -0.2) is 68.4 Å². The van der Waals surface area contributed by atoms with Gasteiger partial charge in [0.2, 0.25) is 17.7 Å². The Morgan fingerprint density at radius 1 is 0.818 bits per heavy atom. The molecule has 0 aliphatic carbocycles. The van der Waals surface area contributed by atoms with E-state index in [1.807, 2.05) is 60.8 Å². The number of amides is 3. The number of nitrogens with two attached hydrogens (primary N) is 1. The summed E-state index contributed by atoms with van der Waals surface area (Å²) in [5.74, 6) is -1.99. The van der Waals surface area contributed by atoms with Crippen LogP contribution < -0.4 is 21.7 Å². The number of hydrogen-bond acceptors (Lipinski definition) is 6. The van der Waals surface area contributed by atoms with Crippen LogP contribution in [0.3, 0.4) is 0 Å². The lowest BCUT2D eigenvalue weighted by atomic mass is 10.0. The van der Waals surface area contributed by atoms with E-state index in [-0.39, 0.29) is 62.4 Å². The fourth-order valence-electron chi connectivity index (χ4n) is 5.21. The summed E-state index contributed by atoms with van der Waals surface area (Å²) in [5.41, 5.74) is 9.75. The van der Waals surface area contributed by atoms with Crippen LogP contribution in [0.15, 0.2) is 73.3 Å². The molecule has 4 rings (SSSR count). The minimum absolute atomic E-state index is 0.0210. The summed E-state index contributed by atoms with van der Waals surface area (Å²) in [4.78, 5) is 60.0. The third-order valence-electron chi connectivity index (χ3n) is 7.21. The number of fused-ring (bicyclic) bond motifs is 1. The van der Waals surface area contributed by atoms with Crippen LogP contribution >= 0.6 is 0 Å². The second-order valence-corrected chi connectivity index (χ2v) is 10.9. The number of rotatable bonds is 17. The number of imidazole rings is 1. The molecule has 12 heteroatoms. The number of aromatic amines is 2. The van der Waals surface area contributed by atoms with Gasteiger partial charge < -0.3 is 36.8 Å². The molecule has 0 aliphatic heterocycles. The van der Waals surface area contributed by atoms with Crippen LogP contribution in [-0.2, 0) is 38.4 Å². The zero-order chi connectivity index (χ0) is 31.3. The zero-order valence-corrected chi connectivity index (χ0v) is 24.4. The van der Waals surface area contributed by atoms with Gasteiger partial charge in [-0.3, -0.25) is 19.2 Å². The van der Waals surface area contributed by atoms with Crippen molar-refractivity contribution in [3.8, 4) is 0 Å². The molecule has 12 nitrogen and oxygen atoms in total. The number of H-pyrrole nitrogens is 2. The van der Waals surface area contributed by atoms with Gasteiger partial charge in [0.1, 0.15) is 0 Å². The first kappa shape index (κ1) is 32.0. The fourth-order valence-corrected chi connectivity index (χ4v) is 5.21. The summed E-state index contributed by atoms with van der Waals surface area (Å²) >= 11 is 0. The van der Waals surface area contributed by atoms with Gasteiger partial charge in [-0.2, -0.15) is 0 Å².